The van der Waals surface area contributed by atoms with Crippen molar-refractivity contribution in [3.63, 3.8) is 0 Å². The van der Waals surface area contributed by atoms with Crippen LogP contribution in [0.1, 0.15) is 149 Å². The lowest BCUT2D eigenvalue weighted by molar-refractivity contribution is -0.126. The first-order valence-corrected chi connectivity index (χ1v) is 17.4. The van der Waals surface area contributed by atoms with Gasteiger partial charge in [-0.1, -0.05) is 84.0 Å². The molecule has 0 aliphatic carbocycles. The van der Waals surface area contributed by atoms with Crippen molar-refractivity contribution in [2.45, 2.75) is 154 Å². The molecule has 0 fully saturated rings. The van der Waals surface area contributed by atoms with Crippen LogP contribution in [0.5, 0.6) is 0 Å². The maximum atomic E-state index is 12.5. The van der Waals surface area contributed by atoms with Gasteiger partial charge in [0, 0.05) is 19.5 Å². The minimum absolute atomic E-state index is 0.0903. The van der Waals surface area contributed by atoms with Gasteiger partial charge in [-0.2, -0.15) is 0 Å². The van der Waals surface area contributed by atoms with E-state index in [1.807, 2.05) is 0 Å². The summed E-state index contributed by atoms with van der Waals surface area (Å²) in [6.45, 7) is 10.0. The van der Waals surface area contributed by atoms with Crippen LogP contribution in [-0.4, -0.2) is 63.2 Å². The van der Waals surface area contributed by atoms with Crippen molar-refractivity contribution < 1.29 is 9.59 Å². The number of hydrogen-bond donors (Lipinski definition) is 6. The van der Waals surface area contributed by atoms with Crippen LogP contribution >= 0.6 is 0 Å². The van der Waals surface area contributed by atoms with Gasteiger partial charge in [0.05, 0.1) is 5.54 Å². The van der Waals surface area contributed by atoms with Gasteiger partial charge in [-0.25, -0.2) is 0 Å². The van der Waals surface area contributed by atoms with Crippen LogP contribution in [0.25, 0.3) is 0 Å². The molecule has 244 valence electrons. The average Bonchev–Trinajstić information content (AvgIpc) is 2.95. The van der Waals surface area contributed by atoms with Crippen LogP contribution in [0, 0.1) is 0 Å². The molecule has 8 heteroatoms. The second-order valence-electron chi connectivity index (χ2n) is 12.2. The number of unbranched alkanes of at least 4 members (excludes halogenated alkanes) is 14. The molecule has 0 aliphatic heterocycles. The van der Waals surface area contributed by atoms with E-state index in [-0.39, 0.29) is 11.8 Å². The molecule has 0 saturated carbocycles. The summed E-state index contributed by atoms with van der Waals surface area (Å²) in [5.41, 5.74) is 10.9. The summed E-state index contributed by atoms with van der Waals surface area (Å²) in [7, 11) is 0. The van der Waals surface area contributed by atoms with Crippen molar-refractivity contribution in [2.75, 3.05) is 45.8 Å². The second kappa shape index (κ2) is 30.2. The van der Waals surface area contributed by atoms with Crippen molar-refractivity contribution in [3.05, 3.63) is 0 Å². The van der Waals surface area contributed by atoms with Crippen molar-refractivity contribution in [3.8, 4) is 0 Å². The number of amides is 2. The maximum absolute atomic E-state index is 12.5. The summed E-state index contributed by atoms with van der Waals surface area (Å²) in [5.74, 6) is 0.0570. The van der Waals surface area contributed by atoms with E-state index < -0.39 is 5.54 Å². The number of hydrogen-bond acceptors (Lipinski definition) is 6. The lowest BCUT2D eigenvalue weighted by atomic mass is 9.95. The van der Waals surface area contributed by atoms with Gasteiger partial charge in [0.2, 0.25) is 11.8 Å². The summed E-state index contributed by atoms with van der Waals surface area (Å²) >= 11 is 0. The predicted octanol–water partition coefficient (Wildman–Crippen LogP) is 5.29. The Morgan fingerprint density at radius 3 is 1.59 bits per heavy atom. The van der Waals surface area contributed by atoms with Crippen LogP contribution in [0.2, 0.25) is 0 Å². The molecule has 0 bridgehead atoms. The summed E-state index contributed by atoms with van der Waals surface area (Å²) in [5, 5.41) is 12.8. The van der Waals surface area contributed by atoms with Crippen LogP contribution in [0.4, 0.5) is 0 Å². The fraction of sp³-hybridized carbons (Fsp3) is 0.939. The van der Waals surface area contributed by atoms with Gasteiger partial charge in [-0.15, -0.1) is 0 Å². The van der Waals surface area contributed by atoms with Crippen molar-refractivity contribution in [1.82, 2.24) is 21.3 Å². The lowest BCUT2D eigenvalue weighted by Crippen LogP contribution is -2.52. The lowest BCUT2D eigenvalue weighted by Gasteiger charge is -2.23. The van der Waals surface area contributed by atoms with E-state index in [4.69, 9.17) is 11.5 Å². The Hall–Kier alpha value is -1.22. The molecule has 0 unspecified atom stereocenters. The van der Waals surface area contributed by atoms with E-state index in [2.05, 4.69) is 28.2 Å². The SMILES string of the molecule is CCCCCCCCCCCCCCCC(=O)NCCCC[C@@](C)(N)C(=O)NCCCNCCCCNCCCN. The molecule has 0 aliphatic rings. The van der Waals surface area contributed by atoms with Crippen LogP contribution in [-0.2, 0) is 9.59 Å². The normalized spacial score (nSPS) is 12.8. The van der Waals surface area contributed by atoms with E-state index in [1.165, 1.54) is 70.6 Å². The van der Waals surface area contributed by atoms with E-state index in [9.17, 15) is 9.59 Å². The van der Waals surface area contributed by atoms with Gasteiger partial charge in [0.15, 0.2) is 0 Å². The quantitative estimate of drug-likeness (QED) is 0.0597. The third kappa shape index (κ3) is 28.7. The van der Waals surface area contributed by atoms with Crippen molar-refractivity contribution in [1.29, 1.82) is 0 Å². The fourth-order valence-electron chi connectivity index (χ4n) is 4.94. The summed E-state index contributed by atoms with van der Waals surface area (Å²) < 4.78 is 0. The zero-order valence-corrected chi connectivity index (χ0v) is 27.3. The van der Waals surface area contributed by atoms with Crippen LogP contribution in [0.3, 0.4) is 0 Å². The van der Waals surface area contributed by atoms with E-state index in [0.29, 0.717) is 25.9 Å². The fourth-order valence-corrected chi connectivity index (χ4v) is 4.94. The average molecular weight is 583 g/mol. The highest BCUT2D eigenvalue weighted by molar-refractivity contribution is 5.85. The van der Waals surface area contributed by atoms with Gasteiger partial charge >= 0.3 is 0 Å². The predicted molar refractivity (Wildman–Crippen MR) is 176 cm³/mol. The Bertz CT molecular complexity index is 588. The van der Waals surface area contributed by atoms with E-state index in [0.717, 1.165) is 84.1 Å². The minimum Gasteiger partial charge on any atom is -0.356 e. The molecule has 0 heterocycles. The Labute approximate surface area is 254 Å². The van der Waals surface area contributed by atoms with Crippen molar-refractivity contribution in [2.24, 2.45) is 11.5 Å². The molecule has 2 amide bonds. The first-order chi connectivity index (χ1) is 19.9. The first-order valence-electron chi connectivity index (χ1n) is 17.4. The highest BCUT2D eigenvalue weighted by Crippen LogP contribution is 2.13. The van der Waals surface area contributed by atoms with Gasteiger partial charge in [-0.3, -0.25) is 9.59 Å². The molecular formula is C33H70N6O2. The maximum Gasteiger partial charge on any atom is 0.239 e. The van der Waals surface area contributed by atoms with Gasteiger partial charge in [-0.05, 0) is 91.0 Å². The Kier molecular flexibility index (Phi) is 29.3. The molecule has 0 spiro atoms. The molecule has 41 heavy (non-hydrogen) atoms. The number of carbonyl (C=O) groups excluding carboxylic acids is 2. The van der Waals surface area contributed by atoms with Crippen LogP contribution < -0.4 is 32.7 Å². The molecule has 0 aromatic heterocycles. The second-order valence-corrected chi connectivity index (χ2v) is 12.2. The molecule has 1 atom stereocenters. The highest BCUT2D eigenvalue weighted by atomic mass is 16.2. The monoisotopic (exact) mass is 583 g/mol. The number of nitrogens with two attached hydrogens (primary N) is 2. The van der Waals surface area contributed by atoms with Crippen molar-refractivity contribution >= 4 is 11.8 Å². The molecule has 0 rings (SSSR count). The largest absolute Gasteiger partial charge is 0.356 e. The number of carbonyl (C=O) groups is 2. The third-order valence-electron chi connectivity index (χ3n) is 7.80. The summed E-state index contributed by atoms with van der Waals surface area (Å²) in [6, 6.07) is 0. The zero-order valence-electron chi connectivity index (χ0n) is 27.3. The van der Waals surface area contributed by atoms with Gasteiger partial charge in [0.1, 0.15) is 0 Å². The molecular weight excluding hydrogens is 512 g/mol. The highest BCUT2D eigenvalue weighted by Gasteiger charge is 2.27. The van der Waals surface area contributed by atoms with Crippen LogP contribution in [0.15, 0.2) is 0 Å². The standard InChI is InChI=1S/C33H70N6O2/c1-3-4-5-6-7-8-9-10-11-12-13-14-15-22-31(40)38-29-17-16-23-33(2,35)32(41)39-30-21-28-37-26-19-18-25-36-27-20-24-34/h36-37H,3-30,34-35H2,1-2H3,(H,38,40)(H,39,41)/t33-/m1/s1. The van der Waals surface area contributed by atoms with E-state index >= 15 is 0 Å². The zero-order chi connectivity index (χ0) is 30.3. The van der Waals surface area contributed by atoms with Gasteiger partial charge < -0.3 is 32.7 Å². The number of nitrogens with one attached hydrogen (secondary N) is 4. The molecule has 0 saturated heterocycles. The molecule has 0 aromatic carbocycles. The molecule has 0 radical (unpaired) electrons. The summed E-state index contributed by atoms with van der Waals surface area (Å²) in [4.78, 5) is 24.6. The minimum atomic E-state index is -0.872. The third-order valence-corrected chi connectivity index (χ3v) is 7.80. The van der Waals surface area contributed by atoms with E-state index in [1.54, 1.807) is 6.92 Å². The Balaban J connectivity index is 3.51. The Morgan fingerprint density at radius 2 is 1.02 bits per heavy atom. The topological polar surface area (TPSA) is 134 Å². The van der Waals surface area contributed by atoms with Gasteiger partial charge in [0.25, 0.3) is 0 Å². The molecule has 8 N–H and O–H groups in total. The molecule has 8 nitrogen and oxygen atoms in total. The first kappa shape index (κ1) is 39.8. The smallest absolute Gasteiger partial charge is 0.239 e. The molecule has 0 aromatic rings. The number of rotatable bonds is 32. The summed E-state index contributed by atoms with van der Waals surface area (Å²) in [6.07, 6.45) is 24.2. The Morgan fingerprint density at radius 1 is 0.561 bits per heavy atom.